The molecule has 0 saturated carbocycles. The minimum absolute atomic E-state index is 0.00107. The molecule has 0 unspecified atom stereocenters. The van der Waals surface area contributed by atoms with Crippen LogP contribution in [0.2, 0.25) is 0 Å². The van der Waals surface area contributed by atoms with Crippen LogP contribution in [-0.4, -0.2) is 12.6 Å². The van der Waals surface area contributed by atoms with Gasteiger partial charge in [-0.3, -0.25) is 4.79 Å². The first kappa shape index (κ1) is 26.2. The van der Waals surface area contributed by atoms with E-state index >= 15 is 0 Å². The highest BCUT2D eigenvalue weighted by Gasteiger charge is 2.01. The molecule has 2 nitrogen and oxygen atoms in total. The molecular formula is C25H48O2. The zero-order valence-electron chi connectivity index (χ0n) is 18.6. The van der Waals surface area contributed by atoms with Crippen molar-refractivity contribution in [2.24, 2.45) is 0 Å². The Labute approximate surface area is 170 Å². The van der Waals surface area contributed by atoms with Crippen molar-refractivity contribution in [1.82, 2.24) is 0 Å². The average Bonchev–Trinajstić information content (AvgIpc) is 2.67. The fraction of sp³-hybridized carbons (Fsp3) is 0.880. The second kappa shape index (κ2) is 23.2. The van der Waals surface area contributed by atoms with Crippen molar-refractivity contribution >= 4 is 5.97 Å². The number of allylic oxidation sites excluding steroid dienone is 2. The number of ether oxygens (including phenoxy) is 1. The summed E-state index contributed by atoms with van der Waals surface area (Å²) in [6.45, 7) is 5.08. The molecule has 27 heavy (non-hydrogen) atoms. The summed E-state index contributed by atoms with van der Waals surface area (Å²) in [4.78, 5) is 11.5. The maximum absolute atomic E-state index is 11.5. The van der Waals surface area contributed by atoms with Crippen molar-refractivity contribution in [2.45, 2.75) is 136 Å². The predicted octanol–water partition coefficient (Wildman–Crippen LogP) is 8.54. The smallest absolute Gasteiger partial charge is 0.305 e. The number of unbranched alkanes of at least 4 members (excludes halogenated alkanes) is 15. The second-order valence-electron chi connectivity index (χ2n) is 7.97. The normalized spacial score (nSPS) is 11.3. The van der Waals surface area contributed by atoms with Gasteiger partial charge in [0, 0.05) is 6.42 Å². The number of hydrogen-bond donors (Lipinski definition) is 0. The molecule has 0 radical (unpaired) electrons. The van der Waals surface area contributed by atoms with E-state index in [2.05, 4.69) is 26.0 Å². The van der Waals surface area contributed by atoms with E-state index in [0.29, 0.717) is 13.0 Å². The first-order valence-electron chi connectivity index (χ1n) is 12.1. The summed E-state index contributed by atoms with van der Waals surface area (Å²) in [7, 11) is 0. The summed E-state index contributed by atoms with van der Waals surface area (Å²) in [6.07, 6.45) is 28.3. The van der Waals surface area contributed by atoms with Crippen LogP contribution in [0.15, 0.2) is 12.2 Å². The van der Waals surface area contributed by atoms with E-state index in [1.165, 1.54) is 96.3 Å². The van der Waals surface area contributed by atoms with Gasteiger partial charge in [-0.15, -0.1) is 0 Å². The van der Waals surface area contributed by atoms with Gasteiger partial charge in [0.15, 0.2) is 0 Å². The molecule has 0 bridgehead atoms. The molecule has 2 heteroatoms. The molecule has 0 aromatic heterocycles. The summed E-state index contributed by atoms with van der Waals surface area (Å²) in [5, 5.41) is 0. The minimum atomic E-state index is -0.00107. The van der Waals surface area contributed by atoms with Gasteiger partial charge in [0.25, 0.3) is 0 Å². The lowest BCUT2D eigenvalue weighted by molar-refractivity contribution is -0.143. The number of carbonyl (C=O) groups is 1. The van der Waals surface area contributed by atoms with Crippen molar-refractivity contribution in [3.63, 3.8) is 0 Å². The zero-order valence-corrected chi connectivity index (χ0v) is 18.6. The SMILES string of the molecule is CCCCCCCCC=CCCCCCCCCOC(=O)CCCCCC. The maximum atomic E-state index is 11.5. The van der Waals surface area contributed by atoms with Crippen molar-refractivity contribution in [3.05, 3.63) is 12.2 Å². The van der Waals surface area contributed by atoms with Gasteiger partial charge in [0.1, 0.15) is 0 Å². The molecular weight excluding hydrogens is 332 g/mol. The predicted molar refractivity (Wildman–Crippen MR) is 119 cm³/mol. The fourth-order valence-electron chi connectivity index (χ4n) is 3.30. The van der Waals surface area contributed by atoms with Gasteiger partial charge in [0.05, 0.1) is 6.61 Å². The Morgan fingerprint density at radius 2 is 1.04 bits per heavy atom. The van der Waals surface area contributed by atoms with E-state index in [-0.39, 0.29) is 5.97 Å². The molecule has 0 fully saturated rings. The van der Waals surface area contributed by atoms with Crippen molar-refractivity contribution in [2.75, 3.05) is 6.61 Å². The second-order valence-corrected chi connectivity index (χ2v) is 7.97. The minimum Gasteiger partial charge on any atom is -0.466 e. The molecule has 0 aliphatic carbocycles. The zero-order chi connectivity index (χ0) is 19.8. The first-order valence-corrected chi connectivity index (χ1v) is 12.1. The van der Waals surface area contributed by atoms with Crippen LogP contribution < -0.4 is 0 Å². The van der Waals surface area contributed by atoms with Gasteiger partial charge in [0.2, 0.25) is 0 Å². The summed E-state index contributed by atoms with van der Waals surface area (Å²) in [5.74, 6) is -0.00107. The lowest BCUT2D eigenvalue weighted by atomic mass is 10.1. The molecule has 0 aromatic carbocycles. The van der Waals surface area contributed by atoms with E-state index in [0.717, 1.165) is 19.3 Å². The number of carbonyl (C=O) groups excluding carboxylic acids is 1. The van der Waals surface area contributed by atoms with Crippen LogP contribution in [0.1, 0.15) is 136 Å². The van der Waals surface area contributed by atoms with E-state index in [9.17, 15) is 4.79 Å². The number of esters is 1. The monoisotopic (exact) mass is 380 g/mol. The Bertz CT molecular complexity index is 322. The Hall–Kier alpha value is -0.790. The van der Waals surface area contributed by atoms with Gasteiger partial charge in [-0.2, -0.15) is 0 Å². The molecule has 0 atom stereocenters. The van der Waals surface area contributed by atoms with Crippen molar-refractivity contribution in [3.8, 4) is 0 Å². The van der Waals surface area contributed by atoms with Crippen LogP contribution in [-0.2, 0) is 9.53 Å². The number of hydrogen-bond acceptors (Lipinski definition) is 2. The maximum Gasteiger partial charge on any atom is 0.305 e. The lowest BCUT2D eigenvalue weighted by Crippen LogP contribution is -2.05. The third-order valence-corrected chi connectivity index (χ3v) is 5.15. The summed E-state index contributed by atoms with van der Waals surface area (Å²) < 4.78 is 5.29. The molecule has 0 aromatic rings. The van der Waals surface area contributed by atoms with Gasteiger partial charge >= 0.3 is 5.97 Å². The highest BCUT2D eigenvalue weighted by Crippen LogP contribution is 2.10. The summed E-state index contributed by atoms with van der Waals surface area (Å²) in [6, 6.07) is 0. The molecule has 0 aliphatic heterocycles. The average molecular weight is 381 g/mol. The molecule has 160 valence electrons. The quantitative estimate of drug-likeness (QED) is 0.113. The van der Waals surface area contributed by atoms with Gasteiger partial charge in [-0.05, 0) is 38.5 Å². The molecule has 0 rings (SSSR count). The van der Waals surface area contributed by atoms with Gasteiger partial charge in [-0.25, -0.2) is 0 Å². The Balaban J connectivity index is 3.16. The molecule has 0 amide bonds. The van der Waals surface area contributed by atoms with E-state index in [1.807, 2.05) is 0 Å². The van der Waals surface area contributed by atoms with E-state index < -0.39 is 0 Å². The molecule has 0 N–H and O–H groups in total. The molecule has 0 spiro atoms. The van der Waals surface area contributed by atoms with E-state index in [1.54, 1.807) is 0 Å². The lowest BCUT2D eigenvalue weighted by Gasteiger charge is -2.05. The van der Waals surface area contributed by atoms with Gasteiger partial charge in [-0.1, -0.05) is 103 Å². The highest BCUT2D eigenvalue weighted by molar-refractivity contribution is 5.69. The number of rotatable bonds is 21. The first-order chi connectivity index (χ1) is 13.3. The van der Waals surface area contributed by atoms with Crippen LogP contribution in [0.4, 0.5) is 0 Å². The fourth-order valence-corrected chi connectivity index (χ4v) is 3.30. The Kier molecular flexibility index (Phi) is 22.6. The standard InChI is InChI=1S/C25H48O2/c1-3-5-7-9-10-11-12-13-14-15-16-17-18-19-20-22-24-27-25(26)23-21-8-6-4-2/h13-14H,3-12,15-24H2,1-2H3. The van der Waals surface area contributed by atoms with Crippen molar-refractivity contribution < 1.29 is 9.53 Å². The molecule has 0 saturated heterocycles. The molecule has 0 heterocycles. The third-order valence-electron chi connectivity index (χ3n) is 5.15. The summed E-state index contributed by atoms with van der Waals surface area (Å²) >= 11 is 0. The van der Waals surface area contributed by atoms with Crippen LogP contribution in [0.3, 0.4) is 0 Å². The van der Waals surface area contributed by atoms with E-state index in [4.69, 9.17) is 4.74 Å². The van der Waals surface area contributed by atoms with Crippen LogP contribution in [0.5, 0.6) is 0 Å². The third kappa shape index (κ3) is 23.2. The molecule has 0 aliphatic rings. The Morgan fingerprint density at radius 1 is 0.593 bits per heavy atom. The van der Waals surface area contributed by atoms with Gasteiger partial charge < -0.3 is 4.74 Å². The van der Waals surface area contributed by atoms with Crippen molar-refractivity contribution in [1.29, 1.82) is 0 Å². The highest BCUT2D eigenvalue weighted by atomic mass is 16.5. The van der Waals surface area contributed by atoms with Crippen LogP contribution >= 0.6 is 0 Å². The van der Waals surface area contributed by atoms with Crippen LogP contribution in [0.25, 0.3) is 0 Å². The van der Waals surface area contributed by atoms with Crippen LogP contribution in [0, 0.1) is 0 Å². The topological polar surface area (TPSA) is 26.3 Å². The summed E-state index contributed by atoms with van der Waals surface area (Å²) in [5.41, 5.74) is 0. The largest absolute Gasteiger partial charge is 0.466 e. The Morgan fingerprint density at radius 3 is 1.59 bits per heavy atom.